The fraction of sp³-hybridized carbons (Fsp3) is 0.375. The Hall–Kier alpha value is -0.940. The van der Waals surface area contributed by atoms with Gasteiger partial charge in [0.2, 0.25) is 0 Å². The minimum atomic E-state index is 0.356. The molecule has 0 saturated carbocycles. The number of hydrogen-bond acceptors (Lipinski definition) is 1. The van der Waals surface area contributed by atoms with Crippen LogP contribution in [0.4, 0.5) is 0 Å². The van der Waals surface area contributed by atoms with Gasteiger partial charge in [-0.3, -0.25) is 0 Å². The number of hydrogen-bond donors (Lipinski definition) is 0. The first-order valence-corrected chi connectivity index (χ1v) is 2.88. The van der Waals surface area contributed by atoms with Crippen molar-refractivity contribution in [2.45, 2.75) is 20.0 Å². The van der Waals surface area contributed by atoms with E-state index in [1.807, 2.05) is 13.8 Å². The second-order valence-corrected chi connectivity index (χ2v) is 1.72. The molecule has 0 aromatic rings. The van der Waals surface area contributed by atoms with Crippen LogP contribution in [0.1, 0.15) is 13.8 Å². The summed E-state index contributed by atoms with van der Waals surface area (Å²) in [5, 5.41) is 0. The second-order valence-electron chi connectivity index (χ2n) is 1.72. The van der Waals surface area contributed by atoms with Gasteiger partial charge < -0.3 is 4.74 Å². The van der Waals surface area contributed by atoms with E-state index in [9.17, 15) is 0 Å². The molecule has 1 aliphatic rings. The zero-order chi connectivity index (χ0) is 7.28. The van der Waals surface area contributed by atoms with Crippen molar-refractivity contribution in [2.24, 2.45) is 0 Å². The molecule has 1 saturated heterocycles. The molecule has 0 spiro atoms. The third kappa shape index (κ3) is 4.92. The van der Waals surface area contributed by atoms with Gasteiger partial charge in [-0.05, 0) is 19.9 Å². The van der Waals surface area contributed by atoms with Crippen LogP contribution in [0.3, 0.4) is 0 Å². The summed E-state index contributed by atoms with van der Waals surface area (Å²) in [5.74, 6) is 0.921. The quantitative estimate of drug-likeness (QED) is 0.356. The highest BCUT2D eigenvalue weighted by atomic mass is 16.6. The van der Waals surface area contributed by atoms with E-state index < -0.39 is 0 Å². The summed E-state index contributed by atoms with van der Waals surface area (Å²) in [4.78, 5) is 0. The summed E-state index contributed by atoms with van der Waals surface area (Å²) in [7, 11) is 0. The van der Waals surface area contributed by atoms with E-state index in [1.165, 1.54) is 0 Å². The molecule has 0 radical (unpaired) electrons. The van der Waals surface area contributed by atoms with Gasteiger partial charge in [0.25, 0.3) is 0 Å². The Kier molecular flexibility index (Phi) is 3.57. The van der Waals surface area contributed by atoms with Crippen molar-refractivity contribution in [2.75, 3.05) is 0 Å². The first-order valence-electron chi connectivity index (χ1n) is 2.88. The zero-order valence-electron chi connectivity index (χ0n) is 5.98. The molecule has 1 fully saturated rings. The van der Waals surface area contributed by atoms with Crippen molar-refractivity contribution in [1.29, 1.82) is 0 Å². The van der Waals surface area contributed by atoms with Gasteiger partial charge in [0.1, 0.15) is 5.76 Å². The van der Waals surface area contributed by atoms with Crippen LogP contribution in [0.2, 0.25) is 0 Å². The van der Waals surface area contributed by atoms with Crippen LogP contribution in [0.5, 0.6) is 0 Å². The molecule has 1 heteroatoms. The average molecular weight is 124 g/mol. The Bertz CT molecular complexity index is 141. The van der Waals surface area contributed by atoms with Crippen LogP contribution in [0.25, 0.3) is 0 Å². The van der Waals surface area contributed by atoms with Crippen LogP contribution < -0.4 is 0 Å². The van der Waals surface area contributed by atoms with Crippen LogP contribution in [0.15, 0.2) is 30.7 Å². The van der Waals surface area contributed by atoms with Crippen LogP contribution in [0, 0.1) is 0 Å². The molecule has 0 amide bonds. The summed E-state index contributed by atoms with van der Waals surface area (Å²) < 4.78 is 4.72. The predicted molar refractivity (Wildman–Crippen MR) is 39.1 cm³/mol. The molecule has 1 heterocycles. The highest BCUT2D eigenvalue weighted by molar-refractivity contribution is 5.04. The standard InChI is InChI=1S/C4H6O.C4H6/c1-3-4(2)5-3;1-3-4-2/h4H,1H2,2H3;4H,1H2,2H3. The fourth-order valence-corrected chi connectivity index (χ4v) is 0.193. The van der Waals surface area contributed by atoms with E-state index in [0.717, 1.165) is 5.76 Å². The molecule has 1 rings (SSSR count). The predicted octanol–water partition coefficient (Wildman–Crippen LogP) is 2.27. The van der Waals surface area contributed by atoms with Crippen molar-refractivity contribution >= 4 is 0 Å². The minimum Gasteiger partial charge on any atom is -0.484 e. The van der Waals surface area contributed by atoms with Gasteiger partial charge >= 0.3 is 0 Å². The Morgan fingerprint density at radius 3 is 2.00 bits per heavy atom. The first-order chi connectivity index (χ1) is 4.22. The average Bonchev–Trinajstić information content (AvgIpc) is 2.47. The maximum absolute atomic E-state index is 4.72. The Morgan fingerprint density at radius 1 is 1.78 bits per heavy atom. The Balaban J connectivity index is 0.000000148. The molecule has 0 aromatic heterocycles. The van der Waals surface area contributed by atoms with E-state index in [-0.39, 0.29) is 0 Å². The topological polar surface area (TPSA) is 12.5 Å². The molecule has 1 nitrogen and oxygen atoms in total. The fourth-order valence-electron chi connectivity index (χ4n) is 0.193. The summed E-state index contributed by atoms with van der Waals surface area (Å²) in [6.45, 7) is 10.7. The van der Waals surface area contributed by atoms with Crippen molar-refractivity contribution in [3.05, 3.63) is 30.7 Å². The minimum absolute atomic E-state index is 0.356. The molecule has 9 heavy (non-hydrogen) atoms. The van der Waals surface area contributed by atoms with E-state index in [1.54, 1.807) is 6.08 Å². The molecular formula is C8H12O. The highest BCUT2D eigenvalue weighted by Gasteiger charge is 2.22. The number of ether oxygens (including phenoxy) is 1. The SMILES string of the molecule is C=C1OC1C.C=C=CC. The lowest BCUT2D eigenvalue weighted by Gasteiger charge is -1.50. The van der Waals surface area contributed by atoms with Crippen molar-refractivity contribution in [3.8, 4) is 0 Å². The molecule has 0 bridgehead atoms. The number of epoxide rings is 1. The maximum Gasteiger partial charge on any atom is 0.152 e. The third-order valence-corrected chi connectivity index (χ3v) is 0.928. The lowest BCUT2D eigenvalue weighted by Crippen LogP contribution is -1.59. The van der Waals surface area contributed by atoms with Gasteiger partial charge in [0.15, 0.2) is 6.10 Å². The van der Waals surface area contributed by atoms with Crippen LogP contribution in [-0.2, 0) is 4.74 Å². The zero-order valence-corrected chi connectivity index (χ0v) is 5.98. The Morgan fingerprint density at radius 2 is 2.00 bits per heavy atom. The van der Waals surface area contributed by atoms with E-state index in [0.29, 0.717) is 6.10 Å². The van der Waals surface area contributed by atoms with Gasteiger partial charge in [-0.2, -0.15) is 0 Å². The number of allylic oxidation sites excluding steroid dienone is 1. The van der Waals surface area contributed by atoms with Gasteiger partial charge in [0, 0.05) is 0 Å². The monoisotopic (exact) mass is 124 g/mol. The van der Waals surface area contributed by atoms with Gasteiger partial charge in [-0.25, -0.2) is 0 Å². The van der Waals surface area contributed by atoms with E-state index in [2.05, 4.69) is 18.9 Å². The Labute approximate surface area is 56.3 Å². The largest absolute Gasteiger partial charge is 0.484 e. The maximum atomic E-state index is 4.72. The van der Waals surface area contributed by atoms with Gasteiger partial charge in [-0.1, -0.05) is 13.2 Å². The molecule has 50 valence electrons. The molecule has 0 N–H and O–H groups in total. The molecular weight excluding hydrogens is 112 g/mol. The van der Waals surface area contributed by atoms with E-state index in [4.69, 9.17) is 4.74 Å². The van der Waals surface area contributed by atoms with Crippen molar-refractivity contribution in [1.82, 2.24) is 0 Å². The van der Waals surface area contributed by atoms with E-state index >= 15 is 0 Å². The van der Waals surface area contributed by atoms with Crippen molar-refractivity contribution in [3.63, 3.8) is 0 Å². The molecule has 0 aromatic carbocycles. The van der Waals surface area contributed by atoms with Crippen LogP contribution in [-0.4, -0.2) is 6.10 Å². The normalized spacial score (nSPS) is 20.2. The smallest absolute Gasteiger partial charge is 0.152 e. The van der Waals surface area contributed by atoms with Crippen molar-refractivity contribution < 1.29 is 4.74 Å². The molecule has 1 atom stereocenters. The molecule has 1 aliphatic heterocycles. The number of rotatable bonds is 0. The highest BCUT2D eigenvalue weighted by Crippen LogP contribution is 2.22. The summed E-state index contributed by atoms with van der Waals surface area (Å²) in [5.41, 5.74) is 2.56. The second kappa shape index (κ2) is 3.99. The van der Waals surface area contributed by atoms with Crippen LogP contribution >= 0.6 is 0 Å². The molecule has 0 aliphatic carbocycles. The summed E-state index contributed by atoms with van der Waals surface area (Å²) in [6, 6.07) is 0. The third-order valence-electron chi connectivity index (χ3n) is 0.928. The lowest BCUT2D eigenvalue weighted by molar-refractivity contribution is 0.446. The molecule has 1 unspecified atom stereocenters. The summed E-state index contributed by atoms with van der Waals surface area (Å²) in [6.07, 6.45) is 2.12. The summed E-state index contributed by atoms with van der Waals surface area (Å²) >= 11 is 0. The first kappa shape index (κ1) is 8.06. The van der Waals surface area contributed by atoms with Gasteiger partial charge in [0.05, 0.1) is 0 Å². The van der Waals surface area contributed by atoms with Gasteiger partial charge in [-0.15, -0.1) is 5.73 Å². The lowest BCUT2D eigenvalue weighted by atomic mass is 10.5.